The van der Waals surface area contributed by atoms with E-state index in [0.717, 1.165) is 25.9 Å². The quantitative estimate of drug-likeness (QED) is 0.828. The summed E-state index contributed by atoms with van der Waals surface area (Å²) in [5.74, 6) is 1.55. The smallest absolute Gasteiger partial charge is 0.120 e. The lowest BCUT2D eigenvalue weighted by atomic mass is 9.92. The normalized spacial score (nSPS) is 34.2. The second-order valence-electron chi connectivity index (χ2n) is 6.81. The highest BCUT2D eigenvalue weighted by atomic mass is 16.3. The van der Waals surface area contributed by atoms with Crippen molar-refractivity contribution in [3.8, 4) is 5.75 Å². The van der Waals surface area contributed by atoms with Crippen molar-refractivity contribution in [1.82, 2.24) is 4.90 Å². The Bertz CT molecular complexity index is 514. The van der Waals surface area contributed by atoms with Crippen molar-refractivity contribution in [1.29, 1.82) is 0 Å². The van der Waals surface area contributed by atoms with Crippen molar-refractivity contribution < 1.29 is 5.11 Å². The Morgan fingerprint density at radius 2 is 2.00 bits per heavy atom. The molecule has 1 heterocycles. The van der Waals surface area contributed by atoms with Crippen molar-refractivity contribution in [3.05, 3.63) is 28.8 Å². The van der Waals surface area contributed by atoms with Crippen LogP contribution in [0, 0.1) is 12.8 Å². The molecule has 1 aromatic rings. The largest absolute Gasteiger partial charge is 0.508 e. The highest BCUT2D eigenvalue weighted by molar-refractivity contribution is 5.51. The summed E-state index contributed by atoms with van der Waals surface area (Å²) >= 11 is 0. The van der Waals surface area contributed by atoms with E-state index in [2.05, 4.69) is 25.7 Å². The van der Waals surface area contributed by atoms with Crippen LogP contribution in [0.3, 0.4) is 0 Å². The fourth-order valence-electron chi connectivity index (χ4n) is 4.12. The minimum atomic E-state index is 0.329. The van der Waals surface area contributed by atoms with Crippen molar-refractivity contribution in [2.45, 2.75) is 51.6 Å². The van der Waals surface area contributed by atoms with Crippen molar-refractivity contribution in [3.63, 3.8) is 0 Å². The molecule has 0 saturated carbocycles. The number of phenols is 1. The number of likely N-dealkylation sites (tertiary alicyclic amines) is 1. The second-order valence-corrected chi connectivity index (χ2v) is 6.81. The van der Waals surface area contributed by atoms with Gasteiger partial charge in [0.1, 0.15) is 5.75 Å². The zero-order valence-electron chi connectivity index (χ0n) is 12.8. The zero-order chi connectivity index (χ0) is 14.4. The predicted octanol–water partition coefficient (Wildman–Crippen LogP) is 2.92. The Morgan fingerprint density at radius 1 is 1.25 bits per heavy atom. The maximum Gasteiger partial charge on any atom is 0.120 e. The van der Waals surface area contributed by atoms with E-state index < -0.39 is 0 Å². The summed E-state index contributed by atoms with van der Waals surface area (Å²) in [6.45, 7) is 8.78. The average Bonchev–Trinajstić information content (AvgIpc) is 2.76. The SMILES string of the molecule is Cc1ccc(O)c2c1C(C)CC2N1CCC(N)C(C)C1. The fraction of sp³-hybridized carbons (Fsp3) is 0.647. The molecule has 110 valence electrons. The molecular weight excluding hydrogens is 248 g/mol. The van der Waals surface area contributed by atoms with Crippen LogP contribution >= 0.6 is 0 Å². The summed E-state index contributed by atoms with van der Waals surface area (Å²) in [6.07, 6.45) is 2.18. The molecule has 4 atom stereocenters. The summed E-state index contributed by atoms with van der Waals surface area (Å²) in [7, 11) is 0. The molecule has 1 aliphatic carbocycles. The van der Waals surface area contributed by atoms with Crippen LogP contribution in [0.25, 0.3) is 0 Å². The number of piperidine rings is 1. The van der Waals surface area contributed by atoms with Crippen LogP contribution in [-0.2, 0) is 0 Å². The van der Waals surface area contributed by atoms with E-state index in [-0.39, 0.29) is 0 Å². The van der Waals surface area contributed by atoms with Crippen LogP contribution < -0.4 is 5.73 Å². The molecule has 3 N–H and O–H groups in total. The van der Waals surface area contributed by atoms with Gasteiger partial charge in [-0.25, -0.2) is 0 Å². The standard InChI is InChI=1S/C17H26N2O/c1-10-4-5-15(20)17-14(8-11(2)16(10)17)19-7-6-13(18)12(3)9-19/h4-5,11-14,20H,6-9,18H2,1-3H3. The Balaban J connectivity index is 1.93. The lowest BCUT2D eigenvalue weighted by Gasteiger charge is -2.39. The first-order valence-electron chi connectivity index (χ1n) is 7.81. The van der Waals surface area contributed by atoms with Crippen molar-refractivity contribution >= 4 is 0 Å². The number of hydrogen-bond acceptors (Lipinski definition) is 3. The molecule has 0 amide bonds. The molecule has 4 unspecified atom stereocenters. The average molecular weight is 274 g/mol. The van der Waals surface area contributed by atoms with E-state index in [0.29, 0.717) is 29.7 Å². The van der Waals surface area contributed by atoms with Gasteiger partial charge in [-0.3, -0.25) is 4.90 Å². The van der Waals surface area contributed by atoms with Crippen LogP contribution in [0.5, 0.6) is 5.75 Å². The van der Waals surface area contributed by atoms with Crippen molar-refractivity contribution in [2.24, 2.45) is 11.7 Å². The number of aromatic hydroxyl groups is 1. The van der Waals surface area contributed by atoms with Gasteiger partial charge in [0.05, 0.1) is 0 Å². The molecule has 0 radical (unpaired) electrons. The first kappa shape index (κ1) is 13.9. The molecule has 3 heteroatoms. The molecule has 1 fully saturated rings. The molecule has 0 aromatic heterocycles. The van der Waals surface area contributed by atoms with E-state index in [1.807, 2.05) is 12.1 Å². The number of fused-ring (bicyclic) bond motifs is 1. The number of hydrogen-bond donors (Lipinski definition) is 2. The minimum absolute atomic E-state index is 0.329. The monoisotopic (exact) mass is 274 g/mol. The van der Waals surface area contributed by atoms with Gasteiger partial charge in [-0.05, 0) is 48.8 Å². The summed E-state index contributed by atoms with van der Waals surface area (Å²) in [5, 5.41) is 10.3. The Hall–Kier alpha value is -1.06. The molecular formula is C17H26N2O. The minimum Gasteiger partial charge on any atom is -0.508 e. The summed E-state index contributed by atoms with van der Waals surface area (Å²) in [4.78, 5) is 2.54. The van der Waals surface area contributed by atoms with Gasteiger partial charge in [0.25, 0.3) is 0 Å². The third-order valence-corrected chi connectivity index (χ3v) is 5.33. The van der Waals surface area contributed by atoms with Gasteiger partial charge in [-0.15, -0.1) is 0 Å². The molecule has 0 spiro atoms. The lowest BCUT2D eigenvalue weighted by Crippen LogP contribution is -2.46. The van der Waals surface area contributed by atoms with Crippen molar-refractivity contribution in [2.75, 3.05) is 13.1 Å². The Labute approximate surface area is 121 Å². The van der Waals surface area contributed by atoms with Gasteiger partial charge in [0.2, 0.25) is 0 Å². The van der Waals surface area contributed by atoms with Gasteiger partial charge in [0, 0.05) is 30.7 Å². The summed E-state index contributed by atoms with van der Waals surface area (Å²) in [5.41, 5.74) is 10.0. The van der Waals surface area contributed by atoms with Crippen LogP contribution in [0.2, 0.25) is 0 Å². The fourth-order valence-corrected chi connectivity index (χ4v) is 4.12. The molecule has 3 nitrogen and oxygen atoms in total. The number of phenolic OH excluding ortho intramolecular Hbond substituents is 1. The second kappa shape index (κ2) is 5.05. The third-order valence-electron chi connectivity index (χ3n) is 5.33. The number of nitrogens with two attached hydrogens (primary N) is 1. The predicted molar refractivity (Wildman–Crippen MR) is 81.9 cm³/mol. The lowest BCUT2D eigenvalue weighted by molar-refractivity contribution is 0.112. The summed E-state index contributed by atoms with van der Waals surface area (Å²) < 4.78 is 0. The van der Waals surface area contributed by atoms with E-state index in [1.54, 1.807) is 0 Å². The topological polar surface area (TPSA) is 49.5 Å². The van der Waals surface area contributed by atoms with Crippen LogP contribution in [0.1, 0.15) is 55.3 Å². The number of nitrogens with zero attached hydrogens (tertiary/aromatic N) is 1. The first-order chi connectivity index (χ1) is 9.49. The van der Waals surface area contributed by atoms with Crippen LogP contribution in [0.4, 0.5) is 0 Å². The van der Waals surface area contributed by atoms with Gasteiger partial charge in [-0.2, -0.15) is 0 Å². The first-order valence-corrected chi connectivity index (χ1v) is 7.81. The molecule has 1 aliphatic heterocycles. The molecule has 0 bridgehead atoms. The van der Waals surface area contributed by atoms with Crippen LogP contribution in [-0.4, -0.2) is 29.1 Å². The zero-order valence-corrected chi connectivity index (χ0v) is 12.8. The van der Waals surface area contributed by atoms with E-state index in [9.17, 15) is 5.11 Å². The Morgan fingerprint density at radius 3 is 2.70 bits per heavy atom. The molecule has 20 heavy (non-hydrogen) atoms. The number of rotatable bonds is 1. The van der Waals surface area contributed by atoms with Crippen LogP contribution in [0.15, 0.2) is 12.1 Å². The van der Waals surface area contributed by atoms with Gasteiger partial charge < -0.3 is 10.8 Å². The van der Waals surface area contributed by atoms with Gasteiger partial charge in [0.15, 0.2) is 0 Å². The molecule has 3 rings (SSSR count). The summed E-state index contributed by atoms with van der Waals surface area (Å²) in [6, 6.07) is 4.60. The number of benzene rings is 1. The van der Waals surface area contributed by atoms with E-state index in [4.69, 9.17) is 5.73 Å². The highest BCUT2D eigenvalue weighted by Gasteiger charge is 2.38. The van der Waals surface area contributed by atoms with Gasteiger partial charge >= 0.3 is 0 Å². The van der Waals surface area contributed by atoms with E-state index >= 15 is 0 Å². The molecule has 1 aromatic carbocycles. The third kappa shape index (κ3) is 2.13. The Kier molecular flexibility index (Phi) is 3.51. The highest BCUT2D eigenvalue weighted by Crippen LogP contribution is 2.49. The maximum atomic E-state index is 10.3. The number of aryl methyl sites for hydroxylation is 1. The molecule has 2 aliphatic rings. The van der Waals surface area contributed by atoms with E-state index in [1.165, 1.54) is 16.7 Å². The maximum absolute atomic E-state index is 10.3. The van der Waals surface area contributed by atoms with Gasteiger partial charge in [-0.1, -0.05) is 19.9 Å². The molecule has 1 saturated heterocycles.